The molecule has 34 heavy (non-hydrogen) atoms. The fourth-order valence-corrected chi connectivity index (χ4v) is 4.03. The molecule has 0 aliphatic rings. The van der Waals surface area contributed by atoms with Crippen molar-refractivity contribution < 1.29 is 18.9 Å². The Hall–Kier alpha value is -3.91. The molecule has 4 rings (SSSR count). The van der Waals surface area contributed by atoms with Crippen molar-refractivity contribution in [2.45, 2.75) is 18.1 Å². The highest BCUT2D eigenvalue weighted by Gasteiger charge is 2.07. The summed E-state index contributed by atoms with van der Waals surface area (Å²) in [7, 11) is 0. The van der Waals surface area contributed by atoms with E-state index in [1.165, 1.54) is 18.2 Å². The molecule has 0 radical (unpaired) electrons. The third-order valence-electron chi connectivity index (χ3n) is 4.95. The molecule has 3 aromatic carbocycles. The van der Waals surface area contributed by atoms with Gasteiger partial charge >= 0.3 is 0 Å². The van der Waals surface area contributed by atoms with Gasteiger partial charge in [0.25, 0.3) is 10.9 Å². The van der Waals surface area contributed by atoms with Gasteiger partial charge in [-0.1, -0.05) is 42.1 Å². The second kappa shape index (κ2) is 11.3. The first kappa shape index (κ1) is 23.3. The first-order chi connectivity index (χ1) is 16.6. The van der Waals surface area contributed by atoms with Gasteiger partial charge in [0, 0.05) is 23.4 Å². The van der Waals surface area contributed by atoms with Crippen molar-refractivity contribution in [3.63, 3.8) is 0 Å². The van der Waals surface area contributed by atoms with Gasteiger partial charge in [-0.3, -0.25) is 14.9 Å². The number of carbonyl (C=O) groups excluding carboxylic acids is 1. The lowest BCUT2D eigenvalue weighted by atomic mass is 10.1. The van der Waals surface area contributed by atoms with Crippen LogP contribution >= 0.6 is 11.8 Å². The average molecular weight is 475 g/mol. The Bertz CT molecular complexity index is 1280. The standard InChI is InChI=1S/C26H22N2O5S/c29-24(15-10-19-6-5-7-21(18-19)28(30)31)20-11-13-22(14-12-20)32-16-3-4-17-34-26-27-23-8-1-2-9-25(23)33-26/h1-2,5-15,18H,3-4,16-17H2/b15-10+. The number of nitrogens with zero attached hydrogens (tertiary/aromatic N) is 2. The Balaban J connectivity index is 1.18. The molecule has 0 aliphatic heterocycles. The minimum absolute atomic E-state index is 0.0131. The molecule has 0 saturated carbocycles. The van der Waals surface area contributed by atoms with Gasteiger partial charge in [0.2, 0.25) is 0 Å². The van der Waals surface area contributed by atoms with Crippen LogP contribution in [0.3, 0.4) is 0 Å². The van der Waals surface area contributed by atoms with Crippen LogP contribution in [0.15, 0.2) is 88.5 Å². The van der Waals surface area contributed by atoms with Crippen LogP contribution in [0.4, 0.5) is 5.69 Å². The van der Waals surface area contributed by atoms with E-state index in [4.69, 9.17) is 9.15 Å². The molecule has 0 bridgehead atoms. The van der Waals surface area contributed by atoms with Crippen LogP contribution < -0.4 is 4.74 Å². The molecule has 8 heteroatoms. The molecular formula is C26H22N2O5S. The Morgan fingerprint density at radius 3 is 2.68 bits per heavy atom. The lowest BCUT2D eigenvalue weighted by Crippen LogP contribution is -1.99. The van der Waals surface area contributed by atoms with Crippen molar-refractivity contribution >= 4 is 40.4 Å². The Morgan fingerprint density at radius 1 is 1.06 bits per heavy atom. The van der Waals surface area contributed by atoms with E-state index in [9.17, 15) is 14.9 Å². The number of hydrogen-bond donors (Lipinski definition) is 0. The largest absolute Gasteiger partial charge is 0.494 e. The number of hydrogen-bond acceptors (Lipinski definition) is 7. The van der Waals surface area contributed by atoms with Gasteiger partial charge in [-0.15, -0.1) is 0 Å². The zero-order chi connectivity index (χ0) is 23.8. The van der Waals surface area contributed by atoms with Gasteiger partial charge in [0.15, 0.2) is 11.4 Å². The van der Waals surface area contributed by atoms with Gasteiger partial charge < -0.3 is 9.15 Å². The quantitative estimate of drug-likeness (QED) is 0.0605. The van der Waals surface area contributed by atoms with E-state index in [2.05, 4.69) is 4.98 Å². The molecule has 7 nitrogen and oxygen atoms in total. The highest BCUT2D eigenvalue weighted by atomic mass is 32.2. The van der Waals surface area contributed by atoms with Crippen LogP contribution in [0.25, 0.3) is 17.2 Å². The van der Waals surface area contributed by atoms with Crippen LogP contribution in [0.1, 0.15) is 28.8 Å². The van der Waals surface area contributed by atoms with E-state index < -0.39 is 4.92 Å². The number of benzene rings is 3. The van der Waals surface area contributed by atoms with E-state index >= 15 is 0 Å². The molecule has 0 fully saturated rings. The number of unbranched alkanes of at least 4 members (excludes halogenated alkanes) is 1. The third kappa shape index (κ3) is 6.32. The number of aromatic nitrogens is 1. The smallest absolute Gasteiger partial charge is 0.270 e. The normalized spacial score (nSPS) is 11.2. The van der Waals surface area contributed by atoms with Gasteiger partial charge in [-0.2, -0.15) is 0 Å². The van der Waals surface area contributed by atoms with Crippen LogP contribution in [-0.2, 0) is 0 Å². The van der Waals surface area contributed by atoms with Crippen molar-refractivity contribution in [2.75, 3.05) is 12.4 Å². The number of ketones is 1. The number of ether oxygens (including phenoxy) is 1. The molecule has 0 saturated heterocycles. The SMILES string of the molecule is O=C(/C=C/c1cccc([N+](=O)[O-])c1)c1ccc(OCCCCSc2nc3ccccc3o2)cc1. The maximum absolute atomic E-state index is 12.4. The lowest BCUT2D eigenvalue weighted by molar-refractivity contribution is -0.384. The highest BCUT2D eigenvalue weighted by Crippen LogP contribution is 2.24. The van der Waals surface area contributed by atoms with Crippen LogP contribution in [0, 0.1) is 10.1 Å². The van der Waals surface area contributed by atoms with E-state index in [-0.39, 0.29) is 11.5 Å². The fraction of sp³-hybridized carbons (Fsp3) is 0.154. The number of carbonyl (C=O) groups is 1. The minimum atomic E-state index is -0.464. The number of oxazole rings is 1. The molecule has 0 atom stereocenters. The Labute approximate surface area is 200 Å². The highest BCUT2D eigenvalue weighted by molar-refractivity contribution is 7.99. The minimum Gasteiger partial charge on any atom is -0.494 e. The number of nitro benzene ring substituents is 1. The molecule has 0 spiro atoms. The van der Waals surface area contributed by atoms with E-state index in [1.807, 2.05) is 24.3 Å². The fourth-order valence-electron chi connectivity index (χ4n) is 3.19. The summed E-state index contributed by atoms with van der Waals surface area (Å²) in [6.45, 7) is 0.577. The van der Waals surface area contributed by atoms with Gasteiger partial charge in [0.05, 0.1) is 11.5 Å². The van der Waals surface area contributed by atoms with E-state index in [0.717, 1.165) is 29.7 Å². The monoisotopic (exact) mass is 474 g/mol. The molecule has 0 amide bonds. The summed E-state index contributed by atoms with van der Waals surface area (Å²) in [5, 5.41) is 11.5. The van der Waals surface area contributed by atoms with Crippen LogP contribution in [0.5, 0.6) is 5.75 Å². The number of thioether (sulfide) groups is 1. The van der Waals surface area contributed by atoms with Crippen molar-refractivity contribution in [1.82, 2.24) is 4.98 Å². The summed E-state index contributed by atoms with van der Waals surface area (Å²) in [6, 6.07) is 20.8. The third-order valence-corrected chi connectivity index (χ3v) is 5.87. The summed E-state index contributed by atoms with van der Waals surface area (Å²) in [6.07, 6.45) is 4.82. The number of non-ortho nitro benzene ring substituents is 1. The number of nitro groups is 1. The summed E-state index contributed by atoms with van der Waals surface area (Å²) >= 11 is 1.59. The number of fused-ring (bicyclic) bond motifs is 1. The van der Waals surface area contributed by atoms with Gasteiger partial charge in [-0.05, 0) is 60.9 Å². The molecule has 0 N–H and O–H groups in total. The maximum Gasteiger partial charge on any atom is 0.270 e. The van der Waals surface area contributed by atoms with Gasteiger partial charge in [-0.25, -0.2) is 4.98 Å². The number of rotatable bonds is 11. The second-order valence-corrected chi connectivity index (χ2v) is 8.47. The second-order valence-electron chi connectivity index (χ2n) is 7.43. The van der Waals surface area contributed by atoms with Crippen molar-refractivity contribution in [3.8, 4) is 5.75 Å². The molecule has 0 unspecified atom stereocenters. The zero-order valence-corrected chi connectivity index (χ0v) is 19.1. The topological polar surface area (TPSA) is 95.5 Å². The molecule has 172 valence electrons. The van der Waals surface area contributed by atoms with Crippen molar-refractivity contribution in [1.29, 1.82) is 0 Å². The molecule has 1 heterocycles. The predicted octanol–water partition coefficient (Wildman–Crippen LogP) is 6.58. The van der Waals surface area contributed by atoms with Crippen LogP contribution in [-0.4, -0.2) is 28.1 Å². The lowest BCUT2D eigenvalue weighted by Gasteiger charge is -2.06. The number of para-hydroxylation sites is 2. The molecule has 0 aliphatic carbocycles. The van der Waals surface area contributed by atoms with E-state index in [0.29, 0.717) is 28.7 Å². The van der Waals surface area contributed by atoms with Crippen molar-refractivity contribution in [2.24, 2.45) is 0 Å². The van der Waals surface area contributed by atoms with E-state index in [1.54, 1.807) is 54.2 Å². The molecule has 4 aromatic rings. The van der Waals surface area contributed by atoms with Crippen molar-refractivity contribution in [3.05, 3.63) is 100 Å². The summed E-state index contributed by atoms with van der Waals surface area (Å²) in [4.78, 5) is 27.2. The Kier molecular flexibility index (Phi) is 7.72. The number of allylic oxidation sites excluding steroid dienone is 1. The van der Waals surface area contributed by atoms with Crippen LogP contribution in [0.2, 0.25) is 0 Å². The first-order valence-corrected chi connectivity index (χ1v) is 11.8. The zero-order valence-electron chi connectivity index (χ0n) is 18.3. The summed E-state index contributed by atoms with van der Waals surface area (Å²) in [5.74, 6) is 1.40. The van der Waals surface area contributed by atoms with Gasteiger partial charge in [0.1, 0.15) is 11.3 Å². The summed E-state index contributed by atoms with van der Waals surface area (Å²) < 4.78 is 11.5. The molecular weight excluding hydrogens is 452 g/mol. The summed E-state index contributed by atoms with van der Waals surface area (Å²) in [5.41, 5.74) is 2.77. The maximum atomic E-state index is 12.4. The molecule has 1 aromatic heterocycles. The average Bonchev–Trinajstić information content (AvgIpc) is 3.28. The first-order valence-electron chi connectivity index (χ1n) is 10.8. The Morgan fingerprint density at radius 2 is 1.88 bits per heavy atom. The predicted molar refractivity (Wildman–Crippen MR) is 132 cm³/mol.